The van der Waals surface area contributed by atoms with Crippen LogP contribution < -0.4 is 10.2 Å². The zero-order valence-corrected chi connectivity index (χ0v) is 13.0. The summed E-state index contributed by atoms with van der Waals surface area (Å²) in [5.41, 5.74) is 4.87. The van der Waals surface area contributed by atoms with Crippen LogP contribution in [0.4, 0.5) is 4.39 Å². The van der Waals surface area contributed by atoms with Crippen LogP contribution in [-0.4, -0.2) is 31.5 Å². The summed E-state index contributed by atoms with van der Waals surface area (Å²) in [6.45, 7) is 0.439. The molecule has 0 spiro atoms. The molecule has 0 fully saturated rings. The number of aromatic nitrogens is 1. The van der Waals surface area contributed by atoms with E-state index >= 15 is 0 Å². The molecule has 1 N–H and O–H groups in total. The van der Waals surface area contributed by atoms with Crippen LogP contribution in [0.1, 0.15) is 11.1 Å². The summed E-state index contributed by atoms with van der Waals surface area (Å²) in [6, 6.07) is 11.9. The maximum atomic E-state index is 13.1. The molecule has 0 atom stereocenters. The predicted molar refractivity (Wildman–Crippen MR) is 83.5 cm³/mol. The molecule has 7 heteroatoms. The first-order valence-electron chi connectivity index (χ1n) is 6.96. The van der Waals surface area contributed by atoms with E-state index in [0.29, 0.717) is 5.71 Å². The molecule has 0 saturated carbocycles. The van der Waals surface area contributed by atoms with E-state index in [1.165, 1.54) is 13.2 Å². The van der Waals surface area contributed by atoms with Gasteiger partial charge in [0.1, 0.15) is 26.0 Å². The van der Waals surface area contributed by atoms with Gasteiger partial charge in [-0.1, -0.05) is 35.5 Å². The summed E-state index contributed by atoms with van der Waals surface area (Å²) in [5.74, 6) is -0.364. The van der Waals surface area contributed by atoms with Crippen molar-refractivity contribution in [1.29, 1.82) is 0 Å². The lowest BCUT2D eigenvalue weighted by molar-refractivity contribution is 0.0866. The van der Waals surface area contributed by atoms with E-state index in [1.807, 2.05) is 24.3 Å². The molecule has 23 heavy (non-hydrogen) atoms. The molecule has 0 aliphatic heterocycles. The van der Waals surface area contributed by atoms with Crippen LogP contribution in [0.5, 0.6) is 5.88 Å². The van der Waals surface area contributed by atoms with Crippen LogP contribution in [0.3, 0.4) is 0 Å². The van der Waals surface area contributed by atoms with Gasteiger partial charge in [-0.05, 0) is 11.6 Å². The van der Waals surface area contributed by atoms with Crippen molar-refractivity contribution in [1.82, 2.24) is 10.5 Å². The van der Waals surface area contributed by atoms with Crippen molar-refractivity contribution in [3.8, 4) is 5.88 Å². The molecule has 0 amide bonds. The number of pyridine rings is 1. The highest BCUT2D eigenvalue weighted by atomic mass is 19.1. The SMILES string of the molecule is CNOCC(=NOC)c1ccccc1COc1cccc(F)n1. The summed E-state index contributed by atoms with van der Waals surface area (Å²) < 4.78 is 18.6. The van der Waals surface area contributed by atoms with E-state index in [4.69, 9.17) is 14.4 Å². The Balaban J connectivity index is 2.17. The van der Waals surface area contributed by atoms with E-state index in [0.717, 1.165) is 11.1 Å². The molecule has 0 bridgehead atoms. The minimum Gasteiger partial charge on any atom is -0.473 e. The molecular weight excluding hydrogens is 301 g/mol. The van der Waals surface area contributed by atoms with E-state index < -0.39 is 5.95 Å². The third kappa shape index (κ3) is 5.01. The summed E-state index contributed by atoms with van der Waals surface area (Å²) in [5, 5.41) is 3.98. The lowest BCUT2D eigenvalue weighted by atomic mass is 10.0. The number of ether oxygens (including phenoxy) is 1. The molecule has 0 saturated heterocycles. The van der Waals surface area contributed by atoms with Crippen molar-refractivity contribution in [3.63, 3.8) is 0 Å². The van der Waals surface area contributed by atoms with E-state index in [2.05, 4.69) is 15.6 Å². The maximum Gasteiger partial charge on any atom is 0.216 e. The Bertz CT molecular complexity index is 665. The molecule has 0 aliphatic carbocycles. The van der Waals surface area contributed by atoms with Crippen LogP contribution in [0.25, 0.3) is 0 Å². The fourth-order valence-electron chi connectivity index (χ4n) is 1.95. The van der Waals surface area contributed by atoms with Crippen molar-refractivity contribution in [2.24, 2.45) is 5.16 Å². The Morgan fingerprint density at radius 2 is 2.04 bits per heavy atom. The quantitative estimate of drug-likeness (QED) is 0.459. The normalized spacial score (nSPS) is 11.3. The highest BCUT2D eigenvalue weighted by Gasteiger charge is 2.11. The lowest BCUT2D eigenvalue weighted by Gasteiger charge is -2.12. The maximum absolute atomic E-state index is 13.1. The third-order valence-electron chi connectivity index (χ3n) is 2.95. The van der Waals surface area contributed by atoms with Crippen molar-refractivity contribution in [2.45, 2.75) is 6.61 Å². The van der Waals surface area contributed by atoms with Gasteiger partial charge in [0.25, 0.3) is 0 Å². The number of hydrogen-bond donors (Lipinski definition) is 1. The molecule has 6 nitrogen and oxygen atoms in total. The summed E-state index contributed by atoms with van der Waals surface area (Å²) in [4.78, 5) is 13.7. The molecule has 2 aromatic rings. The van der Waals surface area contributed by atoms with Gasteiger partial charge in [-0.25, -0.2) is 5.48 Å². The first kappa shape index (κ1) is 16.9. The van der Waals surface area contributed by atoms with Crippen molar-refractivity contribution in [3.05, 3.63) is 59.5 Å². The van der Waals surface area contributed by atoms with Crippen molar-refractivity contribution in [2.75, 3.05) is 20.8 Å². The second-order valence-corrected chi connectivity index (χ2v) is 4.46. The van der Waals surface area contributed by atoms with Crippen LogP contribution in [0.15, 0.2) is 47.6 Å². The topological polar surface area (TPSA) is 65.0 Å². The molecule has 2 rings (SSSR count). The number of oxime groups is 1. The summed E-state index contributed by atoms with van der Waals surface area (Å²) in [7, 11) is 3.13. The van der Waals surface area contributed by atoms with Gasteiger partial charge in [-0.15, -0.1) is 0 Å². The van der Waals surface area contributed by atoms with Crippen LogP contribution in [0.2, 0.25) is 0 Å². The molecule has 0 aliphatic rings. The highest BCUT2D eigenvalue weighted by Crippen LogP contribution is 2.15. The van der Waals surface area contributed by atoms with Crippen LogP contribution >= 0.6 is 0 Å². The first-order valence-corrected chi connectivity index (χ1v) is 6.96. The Kier molecular flexibility index (Phi) is 6.46. The average Bonchev–Trinajstić information content (AvgIpc) is 2.57. The smallest absolute Gasteiger partial charge is 0.216 e. The predicted octanol–water partition coefficient (Wildman–Crippen LogP) is 2.30. The Morgan fingerprint density at radius 1 is 1.22 bits per heavy atom. The fraction of sp³-hybridized carbons (Fsp3) is 0.250. The van der Waals surface area contributed by atoms with Gasteiger partial charge in [0.15, 0.2) is 0 Å². The zero-order chi connectivity index (χ0) is 16.5. The summed E-state index contributed by atoms with van der Waals surface area (Å²) in [6.07, 6.45) is 0. The molecule has 1 aromatic heterocycles. The van der Waals surface area contributed by atoms with Gasteiger partial charge in [0.2, 0.25) is 11.8 Å². The third-order valence-corrected chi connectivity index (χ3v) is 2.95. The zero-order valence-electron chi connectivity index (χ0n) is 13.0. The number of benzene rings is 1. The molecule has 0 unspecified atom stereocenters. The van der Waals surface area contributed by atoms with Gasteiger partial charge in [0, 0.05) is 18.7 Å². The molecule has 1 aromatic carbocycles. The van der Waals surface area contributed by atoms with Crippen LogP contribution in [0, 0.1) is 5.95 Å². The van der Waals surface area contributed by atoms with E-state index in [9.17, 15) is 4.39 Å². The average molecular weight is 319 g/mol. The minimum atomic E-state index is -0.583. The number of nitrogens with zero attached hydrogens (tertiary/aromatic N) is 2. The second-order valence-electron chi connectivity index (χ2n) is 4.46. The van der Waals surface area contributed by atoms with E-state index in [1.54, 1.807) is 19.2 Å². The van der Waals surface area contributed by atoms with Crippen LogP contribution in [-0.2, 0) is 16.3 Å². The van der Waals surface area contributed by atoms with Gasteiger partial charge >= 0.3 is 0 Å². The number of hydroxylamine groups is 1. The van der Waals surface area contributed by atoms with Gasteiger partial charge in [0.05, 0.1) is 0 Å². The molecular formula is C16H18FN3O3. The molecule has 122 valence electrons. The largest absolute Gasteiger partial charge is 0.473 e. The van der Waals surface area contributed by atoms with Crippen molar-refractivity contribution >= 4 is 5.71 Å². The lowest BCUT2D eigenvalue weighted by Crippen LogP contribution is -2.19. The number of halogens is 1. The van der Waals surface area contributed by atoms with E-state index in [-0.39, 0.29) is 19.1 Å². The monoisotopic (exact) mass is 319 g/mol. The van der Waals surface area contributed by atoms with Gasteiger partial charge in [-0.2, -0.15) is 9.37 Å². The Morgan fingerprint density at radius 3 is 2.78 bits per heavy atom. The molecule has 1 heterocycles. The molecule has 0 radical (unpaired) electrons. The Labute approximate surface area is 133 Å². The van der Waals surface area contributed by atoms with Crippen molar-refractivity contribution < 1.29 is 18.8 Å². The summed E-state index contributed by atoms with van der Waals surface area (Å²) >= 11 is 0. The first-order chi connectivity index (χ1) is 11.2. The van der Waals surface area contributed by atoms with Gasteiger partial charge < -0.3 is 9.57 Å². The highest BCUT2D eigenvalue weighted by molar-refractivity contribution is 6.02. The van der Waals surface area contributed by atoms with Gasteiger partial charge in [-0.3, -0.25) is 4.84 Å². The number of nitrogens with one attached hydrogen (secondary N) is 1. The minimum absolute atomic E-state index is 0.217. The second kappa shape index (κ2) is 8.82. The standard InChI is InChI=1S/C16H18FN3O3/c1-18-23-11-14(20-21-2)13-7-4-3-6-12(13)10-22-16-9-5-8-15(17)19-16/h3-9,18H,10-11H2,1-2H3. The fourth-order valence-corrected chi connectivity index (χ4v) is 1.95. The Hall–Kier alpha value is -2.51. The number of rotatable bonds is 8. The number of hydrogen-bond acceptors (Lipinski definition) is 6.